The zero-order valence-corrected chi connectivity index (χ0v) is 11.2. The lowest BCUT2D eigenvalue weighted by atomic mass is 10.1. The molecule has 1 aromatic rings. The minimum atomic E-state index is -0.0172. The van der Waals surface area contributed by atoms with E-state index in [0.717, 1.165) is 30.5 Å². The first-order chi connectivity index (χ1) is 8.27. The first-order valence-corrected chi connectivity index (χ1v) is 6.67. The van der Waals surface area contributed by atoms with E-state index in [9.17, 15) is 4.79 Å². The summed E-state index contributed by atoms with van der Waals surface area (Å²) in [5.74, 6) is 0.589. The van der Waals surface area contributed by atoms with Gasteiger partial charge in [0, 0.05) is 24.2 Å². The van der Waals surface area contributed by atoms with Gasteiger partial charge in [0.2, 0.25) is 0 Å². The van der Waals surface area contributed by atoms with Crippen LogP contribution in [-0.4, -0.2) is 25.7 Å². The first kappa shape index (κ1) is 12.6. The SMILES string of the molecule is O=C(NCCC1CCOC1)c1ccccc1Br. The van der Waals surface area contributed by atoms with Gasteiger partial charge in [-0.2, -0.15) is 0 Å². The van der Waals surface area contributed by atoms with Crippen LogP contribution in [-0.2, 0) is 4.74 Å². The number of ether oxygens (including phenoxy) is 1. The molecule has 17 heavy (non-hydrogen) atoms. The van der Waals surface area contributed by atoms with Crippen LogP contribution in [0.1, 0.15) is 23.2 Å². The monoisotopic (exact) mass is 297 g/mol. The van der Waals surface area contributed by atoms with Crippen molar-refractivity contribution in [3.8, 4) is 0 Å². The average Bonchev–Trinajstić information content (AvgIpc) is 2.82. The lowest BCUT2D eigenvalue weighted by molar-refractivity contribution is 0.0949. The Hall–Kier alpha value is -0.870. The van der Waals surface area contributed by atoms with Gasteiger partial charge in [-0.15, -0.1) is 0 Å². The summed E-state index contributed by atoms with van der Waals surface area (Å²) in [6, 6.07) is 7.46. The number of nitrogens with one attached hydrogen (secondary N) is 1. The maximum Gasteiger partial charge on any atom is 0.252 e. The highest BCUT2D eigenvalue weighted by Crippen LogP contribution is 2.17. The number of rotatable bonds is 4. The van der Waals surface area contributed by atoms with E-state index in [0.29, 0.717) is 18.0 Å². The number of amides is 1. The number of carbonyl (C=O) groups excluding carboxylic acids is 1. The van der Waals surface area contributed by atoms with Crippen molar-refractivity contribution in [1.82, 2.24) is 5.32 Å². The molecule has 1 amide bonds. The van der Waals surface area contributed by atoms with Crippen molar-refractivity contribution in [1.29, 1.82) is 0 Å². The van der Waals surface area contributed by atoms with E-state index in [2.05, 4.69) is 21.2 Å². The lowest BCUT2D eigenvalue weighted by Crippen LogP contribution is -2.26. The van der Waals surface area contributed by atoms with Gasteiger partial charge in [-0.05, 0) is 46.8 Å². The van der Waals surface area contributed by atoms with E-state index in [1.54, 1.807) is 0 Å². The van der Waals surface area contributed by atoms with Crippen molar-refractivity contribution in [2.24, 2.45) is 5.92 Å². The minimum absolute atomic E-state index is 0.0172. The summed E-state index contributed by atoms with van der Waals surface area (Å²) in [6.07, 6.45) is 2.11. The molecule has 1 N–H and O–H groups in total. The summed E-state index contributed by atoms with van der Waals surface area (Å²) in [7, 11) is 0. The molecule has 0 aromatic heterocycles. The Balaban J connectivity index is 1.79. The van der Waals surface area contributed by atoms with E-state index in [4.69, 9.17) is 4.74 Å². The molecule has 0 spiro atoms. The summed E-state index contributed by atoms with van der Waals surface area (Å²) in [5.41, 5.74) is 0.690. The Labute approximate surface area is 110 Å². The second-order valence-electron chi connectivity index (χ2n) is 4.25. The summed E-state index contributed by atoms with van der Waals surface area (Å²) < 4.78 is 6.13. The highest BCUT2D eigenvalue weighted by molar-refractivity contribution is 9.10. The summed E-state index contributed by atoms with van der Waals surface area (Å²) >= 11 is 3.37. The van der Waals surface area contributed by atoms with E-state index in [-0.39, 0.29) is 5.91 Å². The van der Waals surface area contributed by atoms with Gasteiger partial charge in [0.05, 0.1) is 5.56 Å². The van der Waals surface area contributed by atoms with E-state index in [1.807, 2.05) is 24.3 Å². The molecule has 1 aliphatic rings. The van der Waals surface area contributed by atoms with Crippen LogP contribution in [0.4, 0.5) is 0 Å². The Morgan fingerprint density at radius 1 is 1.47 bits per heavy atom. The molecule has 0 radical (unpaired) electrons. The highest BCUT2D eigenvalue weighted by Gasteiger charge is 2.15. The Bertz CT molecular complexity index is 389. The minimum Gasteiger partial charge on any atom is -0.381 e. The Kier molecular flexibility index (Phi) is 4.57. The molecular weight excluding hydrogens is 282 g/mol. The molecule has 92 valence electrons. The molecule has 1 aromatic carbocycles. The van der Waals surface area contributed by atoms with Crippen LogP contribution in [0.3, 0.4) is 0 Å². The standard InChI is InChI=1S/C13H16BrNO2/c14-12-4-2-1-3-11(12)13(16)15-7-5-10-6-8-17-9-10/h1-4,10H,5-9H2,(H,15,16). The molecule has 0 saturated carbocycles. The predicted octanol–water partition coefficient (Wildman–Crippen LogP) is 2.61. The van der Waals surface area contributed by atoms with Gasteiger partial charge >= 0.3 is 0 Å². The molecule has 4 heteroatoms. The van der Waals surface area contributed by atoms with E-state index < -0.39 is 0 Å². The Morgan fingerprint density at radius 2 is 2.29 bits per heavy atom. The largest absolute Gasteiger partial charge is 0.381 e. The van der Waals surface area contributed by atoms with Crippen LogP contribution in [0.2, 0.25) is 0 Å². The highest BCUT2D eigenvalue weighted by atomic mass is 79.9. The molecule has 0 bridgehead atoms. The maximum absolute atomic E-state index is 11.9. The number of halogens is 1. The topological polar surface area (TPSA) is 38.3 Å². The van der Waals surface area contributed by atoms with E-state index in [1.165, 1.54) is 0 Å². The molecule has 1 aliphatic heterocycles. The molecule has 2 rings (SSSR count). The third-order valence-electron chi connectivity index (χ3n) is 2.98. The van der Waals surface area contributed by atoms with Crippen LogP contribution in [0.25, 0.3) is 0 Å². The third-order valence-corrected chi connectivity index (χ3v) is 3.67. The lowest BCUT2D eigenvalue weighted by Gasteiger charge is -2.09. The van der Waals surface area contributed by atoms with Crippen molar-refractivity contribution >= 4 is 21.8 Å². The molecule has 1 saturated heterocycles. The molecule has 1 fully saturated rings. The third kappa shape index (κ3) is 3.54. The van der Waals surface area contributed by atoms with Crippen LogP contribution >= 0.6 is 15.9 Å². The smallest absolute Gasteiger partial charge is 0.252 e. The van der Waals surface area contributed by atoms with Crippen molar-refractivity contribution in [3.05, 3.63) is 34.3 Å². The van der Waals surface area contributed by atoms with Gasteiger partial charge in [0.15, 0.2) is 0 Å². The fourth-order valence-corrected chi connectivity index (χ4v) is 2.41. The average molecular weight is 298 g/mol. The predicted molar refractivity (Wildman–Crippen MR) is 70.0 cm³/mol. The Morgan fingerprint density at radius 3 is 3.00 bits per heavy atom. The number of hydrogen-bond acceptors (Lipinski definition) is 2. The number of hydrogen-bond donors (Lipinski definition) is 1. The zero-order valence-electron chi connectivity index (χ0n) is 9.62. The second kappa shape index (κ2) is 6.17. The van der Waals surface area contributed by atoms with Gasteiger partial charge in [-0.3, -0.25) is 4.79 Å². The molecule has 1 heterocycles. The van der Waals surface area contributed by atoms with Gasteiger partial charge in [0.1, 0.15) is 0 Å². The first-order valence-electron chi connectivity index (χ1n) is 5.88. The van der Waals surface area contributed by atoms with Crippen LogP contribution in [0, 0.1) is 5.92 Å². The summed E-state index contributed by atoms with van der Waals surface area (Å²) in [5, 5.41) is 2.94. The molecule has 1 atom stereocenters. The van der Waals surface area contributed by atoms with Crippen molar-refractivity contribution in [2.45, 2.75) is 12.8 Å². The van der Waals surface area contributed by atoms with Crippen LogP contribution < -0.4 is 5.32 Å². The van der Waals surface area contributed by atoms with Crippen LogP contribution in [0.15, 0.2) is 28.7 Å². The number of benzene rings is 1. The molecule has 0 aliphatic carbocycles. The zero-order chi connectivity index (χ0) is 12.1. The normalized spacial score (nSPS) is 19.2. The fourth-order valence-electron chi connectivity index (χ4n) is 1.94. The quantitative estimate of drug-likeness (QED) is 0.928. The van der Waals surface area contributed by atoms with E-state index >= 15 is 0 Å². The van der Waals surface area contributed by atoms with Crippen LogP contribution in [0.5, 0.6) is 0 Å². The summed E-state index contributed by atoms with van der Waals surface area (Å²) in [4.78, 5) is 11.9. The van der Waals surface area contributed by atoms with Crippen molar-refractivity contribution in [3.63, 3.8) is 0 Å². The van der Waals surface area contributed by atoms with Crippen molar-refractivity contribution in [2.75, 3.05) is 19.8 Å². The van der Waals surface area contributed by atoms with Gasteiger partial charge in [-0.25, -0.2) is 0 Å². The molecule has 1 unspecified atom stereocenters. The molecular formula is C13H16BrNO2. The number of carbonyl (C=O) groups is 1. The fraction of sp³-hybridized carbons (Fsp3) is 0.462. The van der Waals surface area contributed by atoms with Gasteiger partial charge in [-0.1, -0.05) is 12.1 Å². The van der Waals surface area contributed by atoms with Crippen molar-refractivity contribution < 1.29 is 9.53 Å². The van der Waals surface area contributed by atoms with Gasteiger partial charge in [0.25, 0.3) is 5.91 Å². The van der Waals surface area contributed by atoms with Gasteiger partial charge < -0.3 is 10.1 Å². The summed E-state index contributed by atoms with van der Waals surface area (Å²) in [6.45, 7) is 2.42. The molecule has 3 nitrogen and oxygen atoms in total. The second-order valence-corrected chi connectivity index (χ2v) is 5.11. The maximum atomic E-state index is 11.9.